The number of pyridine rings is 2. The van der Waals surface area contributed by atoms with E-state index < -0.39 is 5.97 Å². The Labute approximate surface area is 196 Å². The Morgan fingerprint density at radius 1 is 0.812 bits per heavy atom. The molecule has 2 aromatic carbocycles. The fourth-order valence-electron chi connectivity index (χ4n) is 3.64. The van der Waals surface area contributed by atoms with E-state index in [4.69, 9.17) is 10.1 Å². The van der Waals surface area contributed by atoms with Crippen LogP contribution in [0.5, 0.6) is 0 Å². The summed E-state index contributed by atoms with van der Waals surface area (Å²) in [6.45, 7) is 0. The second-order valence-corrected chi connectivity index (χ2v) is 6.92. The molecule has 6 aromatic rings. The van der Waals surface area contributed by atoms with Crippen molar-refractivity contribution in [3.05, 3.63) is 103 Å². The van der Waals surface area contributed by atoms with E-state index in [9.17, 15) is 4.79 Å². The van der Waals surface area contributed by atoms with Crippen LogP contribution >= 0.6 is 0 Å². The van der Waals surface area contributed by atoms with E-state index in [1.54, 1.807) is 12.1 Å². The molecule has 0 aliphatic rings. The van der Waals surface area contributed by atoms with Crippen molar-refractivity contribution in [2.75, 3.05) is 0 Å². The number of hydrogen-bond donors (Lipinski definition) is 1. The van der Waals surface area contributed by atoms with Gasteiger partial charge in [-0.2, -0.15) is 0 Å². The van der Waals surface area contributed by atoms with Crippen LogP contribution in [0.4, 0.5) is 0 Å². The van der Waals surface area contributed by atoms with Gasteiger partial charge in [0, 0.05) is 37.9 Å². The number of rotatable bonds is 2. The predicted molar refractivity (Wildman–Crippen MR) is 121 cm³/mol. The first-order valence-corrected chi connectivity index (χ1v) is 9.74. The van der Waals surface area contributed by atoms with Gasteiger partial charge in [-0.3, -0.25) is 4.98 Å². The van der Waals surface area contributed by atoms with Crippen LogP contribution in [-0.4, -0.2) is 25.6 Å². The maximum absolute atomic E-state index is 10.1. The molecule has 6 rings (SSSR count). The van der Waals surface area contributed by atoms with Gasteiger partial charge in [-0.25, -0.2) is 9.78 Å². The van der Waals surface area contributed by atoms with Crippen molar-refractivity contribution in [2.45, 2.75) is 0 Å². The third kappa shape index (κ3) is 3.91. The van der Waals surface area contributed by atoms with Crippen molar-refractivity contribution in [2.24, 2.45) is 0 Å². The maximum Gasteiger partial charge on any atom is 0.354 e. The average molecular weight is 598 g/mol. The molecule has 1 N–H and O–H groups in total. The Hall–Kier alpha value is -3.80. The molecular weight excluding hydrogens is 581 g/mol. The molecule has 0 aliphatic heterocycles. The molecule has 4 heterocycles. The Bertz CT molecular complexity index is 1440. The van der Waals surface area contributed by atoms with Gasteiger partial charge in [0.25, 0.3) is 0 Å². The molecular formula is C25H17IrN4O2-. The Morgan fingerprint density at radius 3 is 2.28 bits per heavy atom. The number of fused-ring (bicyclic) bond motifs is 4. The molecule has 0 bridgehead atoms. The second-order valence-electron chi connectivity index (χ2n) is 6.92. The van der Waals surface area contributed by atoms with Gasteiger partial charge in [0.15, 0.2) is 0 Å². The van der Waals surface area contributed by atoms with Crippen LogP contribution in [0, 0.1) is 0 Å². The van der Waals surface area contributed by atoms with Gasteiger partial charge in [0.2, 0.25) is 0 Å². The summed E-state index contributed by atoms with van der Waals surface area (Å²) >= 11 is 0. The van der Waals surface area contributed by atoms with Crippen molar-refractivity contribution in [1.82, 2.24) is 19.5 Å². The molecule has 4 aromatic heterocycles. The molecule has 0 aliphatic carbocycles. The SMILES string of the molecule is O=C(O)c1ccccn1.[Ir].c1ccc2[n-]c(-n3c4ccccc4c4cccnc43)cc2c1. The van der Waals surface area contributed by atoms with E-state index in [1.165, 1.54) is 17.6 Å². The van der Waals surface area contributed by atoms with E-state index in [2.05, 4.69) is 57.0 Å². The number of aromatic carboxylic acids is 1. The monoisotopic (exact) mass is 598 g/mol. The summed E-state index contributed by atoms with van der Waals surface area (Å²) in [5, 5.41) is 11.8. The second kappa shape index (κ2) is 9.14. The fraction of sp³-hybridized carbons (Fsp3) is 0. The first-order valence-electron chi connectivity index (χ1n) is 9.74. The number of hydrogen-bond acceptors (Lipinski definition) is 3. The molecule has 0 saturated heterocycles. The molecule has 0 unspecified atom stereocenters. The van der Waals surface area contributed by atoms with Gasteiger partial charge in [-0.05, 0) is 40.0 Å². The molecule has 7 heteroatoms. The zero-order valence-corrected chi connectivity index (χ0v) is 19.1. The molecule has 159 valence electrons. The van der Waals surface area contributed by atoms with Crippen molar-refractivity contribution in [1.29, 1.82) is 0 Å². The summed E-state index contributed by atoms with van der Waals surface area (Å²) in [6.07, 6.45) is 3.28. The Balaban J connectivity index is 0.000000209. The smallest absolute Gasteiger partial charge is 0.354 e. The third-order valence-electron chi connectivity index (χ3n) is 5.00. The number of carboxylic acid groups (broad SMARTS) is 1. The molecule has 0 saturated carbocycles. The van der Waals surface area contributed by atoms with Crippen molar-refractivity contribution < 1.29 is 30.0 Å². The summed E-state index contributed by atoms with van der Waals surface area (Å²) in [5.74, 6) is -0.0679. The van der Waals surface area contributed by atoms with Crippen LogP contribution < -0.4 is 4.98 Å². The van der Waals surface area contributed by atoms with Gasteiger partial charge in [-0.15, -0.1) is 0 Å². The minimum atomic E-state index is -0.990. The number of para-hydroxylation sites is 2. The van der Waals surface area contributed by atoms with Crippen molar-refractivity contribution in [3.63, 3.8) is 0 Å². The van der Waals surface area contributed by atoms with Gasteiger partial charge in [0.1, 0.15) is 5.69 Å². The molecule has 32 heavy (non-hydrogen) atoms. The molecule has 0 atom stereocenters. The van der Waals surface area contributed by atoms with Crippen LogP contribution in [0.3, 0.4) is 0 Å². The van der Waals surface area contributed by atoms with E-state index in [-0.39, 0.29) is 25.8 Å². The molecule has 6 nitrogen and oxygen atoms in total. The first-order chi connectivity index (χ1) is 15.2. The molecule has 0 fully saturated rings. The van der Waals surface area contributed by atoms with E-state index in [0.29, 0.717) is 0 Å². The number of carboxylic acids is 1. The predicted octanol–water partition coefficient (Wildman–Crippen LogP) is 5.07. The zero-order valence-electron chi connectivity index (χ0n) is 16.7. The first kappa shape index (κ1) is 21.4. The van der Waals surface area contributed by atoms with Gasteiger partial charge < -0.3 is 14.7 Å². The standard InChI is InChI=1S/C19H12N3.C6H5NO2.Ir/c1-3-9-16-13(6-1)12-18(21-16)22-17-10-4-2-7-14(17)15-8-5-11-20-19(15)22;8-6(9)5-3-1-2-4-7-5;/h1-12H;1-4H,(H,8,9);/q-1;;. The minimum Gasteiger partial charge on any atom is -0.477 e. The van der Waals surface area contributed by atoms with Crippen molar-refractivity contribution in [3.8, 4) is 5.82 Å². The number of aromatic nitrogens is 4. The normalized spacial score (nSPS) is 10.5. The summed E-state index contributed by atoms with van der Waals surface area (Å²) < 4.78 is 2.14. The summed E-state index contributed by atoms with van der Waals surface area (Å²) in [6, 6.07) is 27.5. The van der Waals surface area contributed by atoms with E-state index >= 15 is 0 Å². The average Bonchev–Trinajstić information content (AvgIpc) is 3.39. The van der Waals surface area contributed by atoms with Crippen LogP contribution in [0.25, 0.3) is 38.7 Å². The quantitative estimate of drug-likeness (QED) is 0.302. The number of benzene rings is 2. The van der Waals surface area contributed by atoms with Crippen LogP contribution in [0.1, 0.15) is 10.5 Å². The Morgan fingerprint density at radius 2 is 1.53 bits per heavy atom. The van der Waals surface area contributed by atoms with Gasteiger partial charge >= 0.3 is 5.97 Å². The number of carbonyl (C=O) groups is 1. The zero-order chi connectivity index (χ0) is 21.2. The Kier molecular flexibility index (Phi) is 6.12. The van der Waals surface area contributed by atoms with Gasteiger partial charge in [-0.1, -0.05) is 72.5 Å². The molecule has 0 amide bonds. The largest absolute Gasteiger partial charge is 0.477 e. The fourth-order valence-corrected chi connectivity index (χ4v) is 3.64. The van der Waals surface area contributed by atoms with Crippen LogP contribution in [0.15, 0.2) is 97.3 Å². The summed E-state index contributed by atoms with van der Waals surface area (Å²) in [4.78, 5) is 23.1. The topological polar surface area (TPSA) is 82.1 Å². The maximum atomic E-state index is 10.1. The molecule has 1 radical (unpaired) electrons. The number of nitrogens with zero attached hydrogens (tertiary/aromatic N) is 4. The van der Waals surface area contributed by atoms with Crippen molar-refractivity contribution >= 4 is 38.8 Å². The molecule has 0 spiro atoms. The van der Waals surface area contributed by atoms with Crippen LogP contribution in [0.2, 0.25) is 0 Å². The van der Waals surface area contributed by atoms with Crippen LogP contribution in [-0.2, 0) is 20.1 Å². The minimum absolute atomic E-state index is 0. The van der Waals surface area contributed by atoms with E-state index in [1.807, 2.05) is 30.5 Å². The van der Waals surface area contributed by atoms with E-state index in [0.717, 1.165) is 33.3 Å². The summed E-state index contributed by atoms with van der Waals surface area (Å²) in [5.41, 5.74) is 3.18. The summed E-state index contributed by atoms with van der Waals surface area (Å²) in [7, 11) is 0. The van der Waals surface area contributed by atoms with Gasteiger partial charge in [0.05, 0.1) is 5.65 Å². The third-order valence-corrected chi connectivity index (χ3v) is 5.00.